The number of carbonyl (C=O) groups is 1. The molecule has 1 atom stereocenters. The molecule has 0 aromatic heterocycles. The van der Waals surface area contributed by atoms with Gasteiger partial charge in [0.1, 0.15) is 6.61 Å². The van der Waals surface area contributed by atoms with E-state index in [1.165, 1.54) is 0 Å². The van der Waals surface area contributed by atoms with E-state index in [2.05, 4.69) is 21.2 Å². The van der Waals surface area contributed by atoms with Crippen molar-refractivity contribution in [2.75, 3.05) is 13.7 Å². The zero-order valence-corrected chi connectivity index (χ0v) is 14.8. The lowest BCUT2D eigenvalue weighted by molar-refractivity contribution is -0.121. The van der Waals surface area contributed by atoms with Crippen molar-refractivity contribution in [2.24, 2.45) is 0 Å². The lowest BCUT2D eigenvalue weighted by Gasteiger charge is -2.16. The molecule has 0 bridgehead atoms. The third kappa shape index (κ3) is 5.60. The van der Waals surface area contributed by atoms with E-state index >= 15 is 0 Å². The highest BCUT2D eigenvalue weighted by molar-refractivity contribution is 9.10. The highest BCUT2D eigenvalue weighted by atomic mass is 79.9. The maximum absolute atomic E-state index is 12.1. The quantitative estimate of drug-likeness (QED) is 0.801. The summed E-state index contributed by atoms with van der Waals surface area (Å²) < 4.78 is 11.9. The van der Waals surface area contributed by atoms with Gasteiger partial charge in [-0.05, 0) is 36.8 Å². The van der Waals surface area contributed by atoms with Crippen LogP contribution in [0.2, 0.25) is 0 Å². The summed E-state index contributed by atoms with van der Waals surface area (Å²) in [5, 5.41) is 2.94. The van der Waals surface area contributed by atoms with E-state index < -0.39 is 0 Å². The van der Waals surface area contributed by atoms with Crippen molar-refractivity contribution in [2.45, 2.75) is 19.4 Å². The fourth-order valence-electron chi connectivity index (χ4n) is 2.15. The van der Waals surface area contributed by atoms with Crippen molar-refractivity contribution in [1.29, 1.82) is 0 Å². The van der Waals surface area contributed by atoms with Crippen molar-refractivity contribution < 1.29 is 14.3 Å². The number of hydrogen-bond acceptors (Lipinski definition) is 3. The number of carbonyl (C=O) groups excluding carboxylic acids is 1. The first-order valence-electron chi connectivity index (χ1n) is 7.38. The number of rotatable bonds is 7. The molecule has 2 aromatic rings. The molecule has 1 N–H and O–H groups in total. The standard InChI is InChI=1S/C18H20BrNO3/c1-13(12-23-17-9-4-3-8-16(17)22-2)20-18(21)11-14-6-5-7-15(19)10-14/h3-10,13H,11-12H2,1-2H3,(H,20,21). The number of ether oxygens (including phenoxy) is 2. The zero-order chi connectivity index (χ0) is 16.7. The summed E-state index contributed by atoms with van der Waals surface area (Å²) in [5.41, 5.74) is 0.967. The van der Waals surface area contributed by atoms with Crippen molar-refractivity contribution in [3.63, 3.8) is 0 Å². The monoisotopic (exact) mass is 377 g/mol. The number of para-hydroxylation sites is 2. The fourth-order valence-corrected chi connectivity index (χ4v) is 2.60. The Morgan fingerprint density at radius 2 is 1.91 bits per heavy atom. The van der Waals surface area contributed by atoms with Crippen LogP contribution < -0.4 is 14.8 Å². The summed E-state index contributed by atoms with van der Waals surface area (Å²) in [7, 11) is 1.60. The smallest absolute Gasteiger partial charge is 0.224 e. The van der Waals surface area contributed by atoms with Gasteiger partial charge in [0.05, 0.1) is 19.6 Å². The molecule has 0 aliphatic carbocycles. The lowest BCUT2D eigenvalue weighted by Crippen LogP contribution is -2.37. The third-order valence-electron chi connectivity index (χ3n) is 3.22. The minimum Gasteiger partial charge on any atom is -0.493 e. The van der Waals surface area contributed by atoms with Crippen LogP contribution in [0.1, 0.15) is 12.5 Å². The molecular weight excluding hydrogens is 358 g/mol. The van der Waals surface area contributed by atoms with Gasteiger partial charge in [0.2, 0.25) is 5.91 Å². The maximum atomic E-state index is 12.1. The second-order valence-electron chi connectivity index (χ2n) is 5.24. The van der Waals surface area contributed by atoms with E-state index in [1.54, 1.807) is 7.11 Å². The third-order valence-corrected chi connectivity index (χ3v) is 3.71. The molecule has 122 valence electrons. The molecule has 5 heteroatoms. The van der Waals surface area contributed by atoms with Gasteiger partial charge in [0.25, 0.3) is 0 Å². The van der Waals surface area contributed by atoms with Crippen LogP contribution in [0.5, 0.6) is 11.5 Å². The molecule has 0 radical (unpaired) electrons. The SMILES string of the molecule is COc1ccccc1OCC(C)NC(=O)Cc1cccc(Br)c1. The van der Waals surface area contributed by atoms with Gasteiger partial charge in [-0.15, -0.1) is 0 Å². The van der Waals surface area contributed by atoms with Gasteiger partial charge in [-0.2, -0.15) is 0 Å². The van der Waals surface area contributed by atoms with Crippen LogP contribution in [-0.2, 0) is 11.2 Å². The van der Waals surface area contributed by atoms with E-state index in [1.807, 2.05) is 55.5 Å². The van der Waals surface area contributed by atoms with Gasteiger partial charge in [-0.1, -0.05) is 40.2 Å². The Hall–Kier alpha value is -2.01. The Balaban J connectivity index is 1.82. The zero-order valence-electron chi connectivity index (χ0n) is 13.2. The molecule has 0 heterocycles. The number of hydrogen-bond donors (Lipinski definition) is 1. The predicted molar refractivity (Wildman–Crippen MR) is 93.9 cm³/mol. The average molecular weight is 378 g/mol. The minimum absolute atomic E-state index is 0.0285. The molecule has 4 nitrogen and oxygen atoms in total. The molecule has 1 unspecified atom stereocenters. The first kappa shape index (κ1) is 17.3. The lowest BCUT2D eigenvalue weighted by atomic mass is 10.1. The molecule has 0 aliphatic heterocycles. The summed E-state index contributed by atoms with van der Waals surface area (Å²) in [6, 6.07) is 15.1. The molecule has 0 saturated carbocycles. The van der Waals surface area contributed by atoms with Crippen molar-refractivity contribution in [3.8, 4) is 11.5 Å². The van der Waals surface area contributed by atoms with Crippen LogP contribution in [0, 0.1) is 0 Å². The molecule has 2 rings (SSSR count). The van der Waals surface area contributed by atoms with E-state index in [4.69, 9.17) is 9.47 Å². The Morgan fingerprint density at radius 1 is 1.17 bits per heavy atom. The first-order chi connectivity index (χ1) is 11.1. The van der Waals surface area contributed by atoms with Crippen molar-refractivity contribution in [1.82, 2.24) is 5.32 Å². The number of benzene rings is 2. The van der Waals surface area contributed by atoms with Gasteiger partial charge in [-0.25, -0.2) is 0 Å². The normalized spacial score (nSPS) is 11.6. The van der Waals surface area contributed by atoms with Gasteiger partial charge in [-0.3, -0.25) is 4.79 Å². The van der Waals surface area contributed by atoms with Crippen LogP contribution in [0.15, 0.2) is 53.0 Å². The van der Waals surface area contributed by atoms with E-state index in [0.717, 1.165) is 10.0 Å². The highest BCUT2D eigenvalue weighted by Gasteiger charge is 2.10. The summed E-state index contributed by atoms with van der Waals surface area (Å²) >= 11 is 3.40. The average Bonchev–Trinajstić information content (AvgIpc) is 2.53. The fraction of sp³-hybridized carbons (Fsp3) is 0.278. The van der Waals surface area contributed by atoms with Crippen molar-refractivity contribution in [3.05, 3.63) is 58.6 Å². The Kier molecular flexibility index (Phi) is 6.47. The van der Waals surface area contributed by atoms with Gasteiger partial charge >= 0.3 is 0 Å². The summed E-state index contributed by atoms with van der Waals surface area (Å²) in [6.07, 6.45) is 0.346. The number of methoxy groups -OCH3 is 1. The van der Waals surface area contributed by atoms with Crippen LogP contribution >= 0.6 is 15.9 Å². The Morgan fingerprint density at radius 3 is 2.61 bits per heavy atom. The van der Waals surface area contributed by atoms with Crippen molar-refractivity contribution >= 4 is 21.8 Å². The second-order valence-corrected chi connectivity index (χ2v) is 6.15. The molecule has 23 heavy (non-hydrogen) atoms. The van der Waals surface area contributed by atoms with E-state index in [0.29, 0.717) is 24.5 Å². The van der Waals surface area contributed by atoms with Crippen LogP contribution in [0.3, 0.4) is 0 Å². The van der Waals surface area contributed by atoms with Crippen LogP contribution in [0.25, 0.3) is 0 Å². The second kappa shape index (κ2) is 8.58. The number of nitrogens with one attached hydrogen (secondary N) is 1. The first-order valence-corrected chi connectivity index (χ1v) is 8.17. The van der Waals surface area contributed by atoms with Gasteiger partial charge < -0.3 is 14.8 Å². The Labute approximate surface area is 144 Å². The maximum Gasteiger partial charge on any atom is 0.224 e. The summed E-state index contributed by atoms with van der Waals surface area (Å²) in [5.74, 6) is 1.32. The molecule has 0 saturated heterocycles. The molecule has 1 amide bonds. The largest absolute Gasteiger partial charge is 0.493 e. The molecule has 0 aliphatic rings. The topological polar surface area (TPSA) is 47.6 Å². The number of amides is 1. The van der Waals surface area contributed by atoms with Gasteiger partial charge in [0.15, 0.2) is 11.5 Å². The molecular formula is C18H20BrNO3. The molecule has 2 aromatic carbocycles. The van der Waals surface area contributed by atoms with E-state index in [-0.39, 0.29) is 11.9 Å². The van der Waals surface area contributed by atoms with Gasteiger partial charge in [0, 0.05) is 4.47 Å². The Bertz CT molecular complexity index is 660. The molecule has 0 fully saturated rings. The summed E-state index contributed by atoms with van der Waals surface area (Å²) in [6.45, 7) is 2.29. The van der Waals surface area contributed by atoms with E-state index in [9.17, 15) is 4.79 Å². The summed E-state index contributed by atoms with van der Waals surface area (Å²) in [4.78, 5) is 12.1. The minimum atomic E-state index is -0.0976. The van der Waals surface area contributed by atoms with Crippen LogP contribution in [0.4, 0.5) is 0 Å². The van der Waals surface area contributed by atoms with Crippen LogP contribution in [-0.4, -0.2) is 25.7 Å². The highest BCUT2D eigenvalue weighted by Crippen LogP contribution is 2.25. The number of halogens is 1. The predicted octanol–water partition coefficient (Wildman–Crippen LogP) is 3.58. The molecule has 0 spiro atoms.